The molecular weight excluding hydrogens is 170 g/mol. The van der Waals surface area contributed by atoms with Crippen molar-refractivity contribution in [3.05, 3.63) is 0 Å². The van der Waals surface area contributed by atoms with E-state index in [-0.39, 0.29) is 12.6 Å². The molecule has 1 saturated carbocycles. The second kappa shape index (κ2) is 5.84. The highest BCUT2D eigenvalue weighted by Crippen LogP contribution is 2.29. The number of aliphatic hydroxyl groups excluding tert-OH is 1. The average Bonchev–Trinajstić information content (AvgIpc) is 2.53. The summed E-state index contributed by atoms with van der Waals surface area (Å²) in [7, 11) is 0. The van der Waals surface area contributed by atoms with Crippen LogP contribution in [0.2, 0.25) is 0 Å². The number of thioether (sulfide) groups is 1. The first kappa shape index (κ1) is 10.4. The lowest BCUT2D eigenvalue weighted by atomic mass is 10.3. The molecule has 3 N–H and O–H groups in total. The molecule has 0 heterocycles. The molecule has 72 valence electrons. The molecule has 3 heteroatoms. The Morgan fingerprint density at radius 2 is 2.08 bits per heavy atom. The zero-order valence-electron chi connectivity index (χ0n) is 7.54. The molecule has 0 spiro atoms. The third-order valence-corrected chi connectivity index (χ3v) is 3.91. The zero-order chi connectivity index (χ0) is 8.81. The maximum absolute atomic E-state index is 8.64. The standard InChI is InChI=1S/C9H19NOS/c10-8(5-6-11)7-12-9-3-1-2-4-9/h8-9,11H,1-7,10H2. The van der Waals surface area contributed by atoms with Crippen LogP contribution >= 0.6 is 11.8 Å². The molecule has 1 aliphatic rings. The number of nitrogens with two attached hydrogens (primary N) is 1. The quantitative estimate of drug-likeness (QED) is 0.686. The topological polar surface area (TPSA) is 46.2 Å². The van der Waals surface area contributed by atoms with E-state index in [4.69, 9.17) is 10.8 Å². The molecule has 0 aromatic heterocycles. The van der Waals surface area contributed by atoms with Crippen molar-refractivity contribution >= 4 is 11.8 Å². The first-order chi connectivity index (χ1) is 5.83. The van der Waals surface area contributed by atoms with Gasteiger partial charge in [0.05, 0.1) is 0 Å². The van der Waals surface area contributed by atoms with E-state index in [0.717, 1.165) is 17.4 Å². The molecule has 1 atom stereocenters. The Balaban J connectivity index is 1.99. The summed E-state index contributed by atoms with van der Waals surface area (Å²) >= 11 is 2.00. The molecule has 0 bridgehead atoms. The van der Waals surface area contributed by atoms with Gasteiger partial charge in [0.1, 0.15) is 0 Å². The second-order valence-corrected chi connectivity index (χ2v) is 4.85. The van der Waals surface area contributed by atoms with E-state index < -0.39 is 0 Å². The Hall–Kier alpha value is 0.270. The molecule has 0 aromatic rings. The fourth-order valence-electron chi connectivity index (χ4n) is 1.56. The largest absolute Gasteiger partial charge is 0.396 e. The summed E-state index contributed by atoms with van der Waals surface area (Å²) in [6.45, 7) is 0.229. The van der Waals surface area contributed by atoms with Crippen LogP contribution in [0.3, 0.4) is 0 Å². The number of hydrogen-bond acceptors (Lipinski definition) is 3. The van der Waals surface area contributed by atoms with E-state index >= 15 is 0 Å². The molecule has 0 amide bonds. The predicted molar refractivity (Wildman–Crippen MR) is 54.4 cm³/mol. The highest BCUT2D eigenvalue weighted by atomic mass is 32.2. The van der Waals surface area contributed by atoms with Crippen LogP contribution in [-0.2, 0) is 0 Å². The Bertz CT molecular complexity index is 115. The molecule has 12 heavy (non-hydrogen) atoms. The van der Waals surface area contributed by atoms with Gasteiger partial charge in [-0.2, -0.15) is 11.8 Å². The van der Waals surface area contributed by atoms with Gasteiger partial charge in [-0.05, 0) is 19.3 Å². The molecule has 1 rings (SSSR count). The summed E-state index contributed by atoms with van der Waals surface area (Å²) in [5.41, 5.74) is 5.78. The number of rotatable bonds is 5. The molecule has 1 unspecified atom stereocenters. The third kappa shape index (κ3) is 3.78. The van der Waals surface area contributed by atoms with Gasteiger partial charge >= 0.3 is 0 Å². The highest BCUT2D eigenvalue weighted by molar-refractivity contribution is 7.99. The minimum absolute atomic E-state index is 0.195. The molecular formula is C9H19NOS. The van der Waals surface area contributed by atoms with E-state index in [1.807, 2.05) is 11.8 Å². The summed E-state index contributed by atoms with van der Waals surface area (Å²) in [6, 6.07) is 0.195. The van der Waals surface area contributed by atoms with Gasteiger partial charge in [0.2, 0.25) is 0 Å². The summed E-state index contributed by atoms with van der Waals surface area (Å²) < 4.78 is 0. The van der Waals surface area contributed by atoms with Crippen molar-refractivity contribution in [3.8, 4) is 0 Å². The van der Waals surface area contributed by atoms with Crippen LogP contribution in [-0.4, -0.2) is 28.8 Å². The molecule has 0 aromatic carbocycles. The Morgan fingerprint density at radius 1 is 1.42 bits per heavy atom. The molecule has 0 saturated heterocycles. The van der Waals surface area contributed by atoms with Crippen LogP contribution < -0.4 is 5.73 Å². The van der Waals surface area contributed by atoms with Gasteiger partial charge < -0.3 is 10.8 Å². The van der Waals surface area contributed by atoms with Gasteiger partial charge in [-0.3, -0.25) is 0 Å². The van der Waals surface area contributed by atoms with E-state index in [9.17, 15) is 0 Å². The van der Waals surface area contributed by atoms with Crippen molar-refractivity contribution in [2.75, 3.05) is 12.4 Å². The van der Waals surface area contributed by atoms with E-state index in [0.29, 0.717) is 0 Å². The third-order valence-electron chi connectivity index (χ3n) is 2.35. The Kier molecular flexibility index (Phi) is 5.04. The van der Waals surface area contributed by atoms with Crippen LogP contribution in [0.5, 0.6) is 0 Å². The van der Waals surface area contributed by atoms with Crippen LogP contribution in [0, 0.1) is 0 Å². The van der Waals surface area contributed by atoms with Crippen molar-refractivity contribution < 1.29 is 5.11 Å². The van der Waals surface area contributed by atoms with Gasteiger partial charge in [0.15, 0.2) is 0 Å². The van der Waals surface area contributed by atoms with Crippen LogP contribution in [0.1, 0.15) is 32.1 Å². The smallest absolute Gasteiger partial charge is 0.0446 e. The lowest BCUT2D eigenvalue weighted by Gasteiger charge is -2.12. The van der Waals surface area contributed by atoms with Gasteiger partial charge in [0, 0.05) is 23.7 Å². The summed E-state index contributed by atoms with van der Waals surface area (Å²) in [5, 5.41) is 9.50. The predicted octanol–water partition coefficient (Wildman–Crippen LogP) is 1.37. The van der Waals surface area contributed by atoms with Gasteiger partial charge in [-0.15, -0.1) is 0 Å². The maximum atomic E-state index is 8.64. The normalized spacial score (nSPS) is 21.5. The maximum Gasteiger partial charge on any atom is 0.0446 e. The fraction of sp³-hybridized carbons (Fsp3) is 1.00. The molecule has 2 nitrogen and oxygen atoms in total. The summed E-state index contributed by atoms with van der Waals surface area (Å²) in [5.74, 6) is 1.02. The van der Waals surface area contributed by atoms with E-state index in [1.54, 1.807) is 0 Å². The monoisotopic (exact) mass is 189 g/mol. The second-order valence-electron chi connectivity index (χ2n) is 3.51. The lowest BCUT2D eigenvalue weighted by Crippen LogP contribution is -2.25. The van der Waals surface area contributed by atoms with Crippen molar-refractivity contribution in [1.82, 2.24) is 0 Å². The molecule has 1 fully saturated rings. The SMILES string of the molecule is NC(CCO)CSC1CCCC1. The van der Waals surface area contributed by atoms with Gasteiger partial charge in [0.25, 0.3) is 0 Å². The molecule has 0 aliphatic heterocycles. The van der Waals surface area contributed by atoms with E-state index in [1.165, 1.54) is 25.7 Å². The van der Waals surface area contributed by atoms with Crippen molar-refractivity contribution in [3.63, 3.8) is 0 Å². The first-order valence-electron chi connectivity index (χ1n) is 4.81. The van der Waals surface area contributed by atoms with Crippen molar-refractivity contribution in [2.24, 2.45) is 5.73 Å². The van der Waals surface area contributed by atoms with Crippen LogP contribution in [0.4, 0.5) is 0 Å². The minimum atomic E-state index is 0.195. The summed E-state index contributed by atoms with van der Waals surface area (Å²) in [6.07, 6.45) is 6.28. The minimum Gasteiger partial charge on any atom is -0.396 e. The van der Waals surface area contributed by atoms with Crippen molar-refractivity contribution in [1.29, 1.82) is 0 Å². The Morgan fingerprint density at radius 3 is 2.67 bits per heavy atom. The molecule has 0 radical (unpaired) electrons. The highest BCUT2D eigenvalue weighted by Gasteiger charge is 2.16. The number of aliphatic hydroxyl groups is 1. The zero-order valence-corrected chi connectivity index (χ0v) is 8.35. The fourth-order valence-corrected chi connectivity index (χ4v) is 2.92. The average molecular weight is 189 g/mol. The van der Waals surface area contributed by atoms with E-state index in [2.05, 4.69) is 0 Å². The number of hydrogen-bond donors (Lipinski definition) is 2. The first-order valence-corrected chi connectivity index (χ1v) is 5.86. The molecule has 1 aliphatic carbocycles. The summed E-state index contributed by atoms with van der Waals surface area (Å²) in [4.78, 5) is 0. The Labute approximate surface area is 78.9 Å². The van der Waals surface area contributed by atoms with Gasteiger partial charge in [-0.1, -0.05) is 12.8 Å². The van der Waals surface area contributed by atoms with Crippen molar-refractivity contribution in [2.45, 2.75) is 43.4 Å². The van der Waals surface area contributed by atoms with Crippen LogP contribution in [0.15, 0.2) is 0 Å². The van der Waals surface area contributed by atoms with Crippen LogP contribution in [0.25, 0.3) is 0 Å². The lowest BCUT2D eigenvalue weighted by molar-refractivity contribution is 0.279. The van der Waals surface area contributed by atoms with Gasteiger partial charge in [-0.25, -0.2) is 0 Å².